The molecule has 0 unspecified atom stereocenters. The van der Waals surface area contributed by atoms with E-state index in [4.69, 9.17) is 0 Å². The first-order valence-corrected chi connectivity index (χ1v) is 9.79. The molecule has 0 nitrogen and oxygen atoms in total. The maximum Gasteiger partial charge on any atom is -0.0219 e. The van der Waals surface area contributed by atoms with Crippen molar-refractivity contribution in [1.82, 2.24) is 0 Å². The van der Waals surface area contributed by atoms with Crippen molar-refractivity contribution in [1.29, 1.82) is 0 Å². The first-order valence-electron chi connectivity index (χ1n) is 9.79. The summed E-state index contributed by atoms with van der Waals surface area (Å²) in [5.41, 5.74) is 2.70. The Morgan fingerprint density at radius 1 is 0.792 bits per heavy atom. The van der Waals surface area contributed by atoms with Gasteiger partial charge in [-0.2, -0.15) is 0 Å². The Morgan fingerprint density at radius 3 is 1.58 bits per heavy atom. The second kappa shape index (κ2) is 20.0. The monoisotopic (exact) mass is 334 g/mol. The fraction of sp³-hybridized carbons (Fsp3) is 0.667. The van der Waals surface area contributed by atoms with Crippen LogP contribution in [0.25, 0.3) is 6.08 Å². The number of rotatable bonds is 7. The molecule has 1 aromatic carbocycles. The summed E-state index contributed by atoms with van der Waals surface area (Å²) in [6.07, 6.45) is 11.4. The Bertz CT molecular complexity index is 350. The van der Waals surface area contributed by atoms with Gasteiger partial charge in [-0.05, 0) is 23.0 Å². The van der Waals surface area contributed by atoms with Crippen LogP contribution in [0.2, 0.25) is 0 Å². The Balaban J connectivity index is -0.000000378. The van der Waals surface area contributed by atoms with Gasteiger partial charge < -0.3 is 0 Å². The Hall–Kier alpha value is -1.04. The third-order valence-corrected chi connectivity index (χ3v) is 3.48. The highest BCUT2D eigenvalue weighted by atomic mass is 14.0. The minimum Gasteiger partial charge on any atom is -0.0814 e. The van der Waals surface area contributed by atoms with Crippen LogP contribution in [-0.4, -0.2) is 0 Å². The molecule has 0 aliphatic heterocycles. The molecule has 0 aliphatic rings. The molecule has 0 atom stereocenters. The number of hydrogen-bond donors (Lipinski definition) is 0. The second-order valence-corrected chi connectivity index (χ2v) is 6.49. The third-order valence-electron chi connectivity index (χ3n) is 3.48. The van der Waals surface area contributed by atoms with Crippen LogP contribution >= 0.6 is 0 Å². The quantitative estimate of drug-likeness (QED) is 0.436. The zero-order valence-corrected chi connectivity index (χ0v) is 17.2. The Labute approximate surface area is 154 Å². The molecule has 0 aromatic heterocycles. The highest BCUT2D eigenvalue weighted by Gasteiger charge is 1.96. The Morgan fingerprint density at radius 2 is 1.25 bits per heavy atom. The average molecular weight is 335 g/mol. The van der Waals surface area contributed by atoms with Crippen molar-refractivity contribution in [3.8, 4) is 0 Å². The molecule has 0 saturated heterocycles. The van der Waals surface area contributed by atoms with Crippen molar-refractivity contribution in [3.63, 3.8) is 0 Å². The predicted octanol–water partition coefficient (Wildman–Crippen LogP) is 9.12. The molecule has 0 aliphatic carbocycles. The van der Waals surface area contributed by atoms with Gasteiger partial charge in [-0.15, -0.1) is 0 Å². The fourth-order valence-electron chi connectivity index (χ4n) is 1.97. The minimum absolute atomic E-state index is 0. The molecule has 24 heavy (non-hydrogen) atoms. The standard InChI is InChI=1S/C14H20.C7H16.C2H6.CH4/c1-11(2)5-6-13-7-9-14(10-8-13)12(3)4;1-3-5-7-6-4-2;1-2;/h5-12H,1-4H3;3-7H2,1-2H3;1-2H3;1H4/b6-5+;;;. The van der Waals surface area contributed by atoms with Crippen molar-refractivity contribution in [2.24, 2.45) is 5.92 Å². The van der Waals surface area contributed by atoms with Gasteiger partial charge in [-0.1, -0.05) is 131 Å². The van der Waals surface area contributed by atoms with Gasteiger partial charge in [0.15, 0.2) is 0 Å². The zero-order valence-electron chi connectivity index (χ0n) is 17.2. The molecule has 1 rings (SSSR count). The first kappa shape index (κ1) is 27.8. The van der Waals surface area contributed by atoms with Crippen molar-refractivity contribution in [2.75, 3.05) is 0 Å². The summed E-state index contributed by atoms with van der Waals surface area (Å²) in [4.78, 5) is 0. The highest BCUT2D eigenvalue weighted by molar-refractivity contribution is 5.50. The van der Waals surface area contributed by atoms with Gasteiger partial charge in [0, 0.05) is 0 Å². The van der Waals surface area contributed by atoms with Gasteiger partial charge in [0.2, 0.25) is 0 Å². The van der Waals surface area contributed by atoms with Crippen LogP contribution in [0, 0.1) is 5.92 Å². The van der Waals surface area contributed by atoms with Crippen LogP contribution in [0.15, 0.2) is 30.3 Å². The van der Waals surface area contributed by atoms with Crippen molar-refractivity contribution in [3.05, 3.63) is 41.5 Å². The molecule has 0 N–H and O–H groups in total. The first-order chi connectivity index (χ1) is 11.0. The summed E-state index contributed by atoms with van der Waals surface area (Å²) < 4.78 is 0. The lowest BCUT2D eigenvalue weighted by atomic mass is 10.0. The lowest BCUT2D eigenvalue weighted by molar-refractivity contribution is 0.656. The van der Waals surface area contributed by atoms with Gasteiger partial charge in [0.05, 0.1) is 0 Å². The molecule has 0 radical (unpaired) electrons. The van der Waals surface area contributed by atoms with Crippen molar-refractivity contribution >= 4 is 6.08 Å². The summed E-state index contributed by atoms with van der Waals surface area (Å²) in [6.45, 7) is 17.3. The van der Waals surface area contributed by atoms with Crippen LogP contribution in [0.5, 0.6) is 0 Å². The average Bonchev–Trinajstić information content (AvgIpc) is 2.56. The molecule has 142 valence electrons. The van der Waals surface area contributed by atoms with Gasteiger partial charge >= 0.3 is 0 Å². The van der Waals surface area contributed by atoms with Crippen LogP contribution in [0.1, 0.15) is 112 Å². The summed E-state index contributed by atoms with van der Waals surface area (Å²) in [5, 5.41) is 0. The Kier molecular flexibility index (Phi) is 23.2. The van der Waals surface area contributed by atoms with Gasteiger partial charge in [0.25, 0.3) is 0 Å². The van der Waals surface area contributed by atoms with Crippen molar-refractivity contribution < 1.29 is 0 Å². The van der Waals surface area contributed by atoms with Crippen LogP contribution in [0.3, 0.4) is 0 Å². The smallest absolute Gasteiger partial charge is 0.0219 e. The van der Waals surface area contributed by atoms with E-state index < -0.39 is 0 Å². The molecular weight excluding hydrogens is 288 g/mol. The lowest BCUT2D eigenvalue weighted by Crippen LogP contribution is -1.86. The van der Waals surface area contributed by atoms with E-state index in [2.05, 4.69) is 78.0 Å². The van der Waals surface area contributed by atoms with E-state index in [9.17, 15) is 0 Å². The maximum atomic E-state index is 2.25. The third kappa shape index (κ3) is 17.3. The normalized spacial score (nSPS) is 9.92. The van der Waals surface area contributed by atoms with Gasteiger partial charge in [0.1, 0.15) is 0 Å². The predicted molar refractivity (Wildman–Crippen MR) is 117 cm³/mol. The summed E-state index contributed by atoms with van der Waals surface area (Å²) in [7, 11) is 0. The molecule has 0 amide bonds. The topological polar surface area (TPSA) is 0 Å². The molecular formula is C24H46. The molecule has 0 fully saturated rings. The van der Waals surface area contributed by atoms with E-state index in [0.29, 0.717) is 11.8 Å². The summed E-state index contributed by atoms with van der Waals surface area (Å²) in [6, 6.07) is 8.80. The van der Waals surface area contributed by atoms with Crippen LogP contribution in [0.4, 0.5) is 0 Å². The molecule has 0 bridgehead atoms. The fourth-order valence-corrected chi connectivity index (χ4v) is 1.97. The molecule has 0 saturated carbocycles. The number of unbranched alkanes of at least 4 members (excludes halogenated alkanes) is 4. The van der Waals surface area contributed by atoms with Crippen LogP contribution < -0.4 is 0 Å². The van der Waals surface area contributed by atoms with Crippen molar-refractivity contribution in [2.45, 2.75) is 101 Å². The van der Waals surface area contributed by atoms with E-state index in [1.165, 1.54) is 43.2 Å². The SMILES string of the molecule is C.CC.CC(C)/C=C/c1ccc(C(C)C)cc1.CCCCCCC. The van der Waals surface area contributed by atoms with Crippen LogP contribution in [-0.2, 0) is 0 Å². The summed E-state index contributed by atoms with van der Waals surface area (Å²) in [5.74, 6) is 1.25. The number of benzene rings is 1. The highest BCUT2D eigenvalue weighted by Crippen LogP contribution is 2.15. The number of allylic oxidation sites excluding steroid dienone is 1. The zero-order chi connectivity index (χ0) is 18.1. The van der Waals surface area contributed by atoms with Gasteiger partial charge in [-0.3, -0.25) is 0 Å². The summed E-state index contributed by atoms with van der Waals surface area (Å²) >= 11 is 0. The van der Waals surface area contributed by atoms with E-state index in [1.807, 2.05) is 13.8 Å². The van der Waals surface area contributed by atoms with E-state index in [1.54, 1.807) is 0 Å². The maximum absolute atomic E-state index is 2.25. The van der Waals surface area contributed by atoms with E-state index in [0.717, 1.165) is 0 Å². The molecule has 0 spiro atoms. The lowest BCUT2D eigenvalue weighted by Gasteiger charge is -2.04. The molecule has 1 aromatic rings. The second-order valence-electron chi connectivity index (χ2n) is 6.49. The largest absolute Gasteiger partial charge is 0.0814 e. The molecule has 0 heteroatoms. The molecule has 0 heterocycles. The minimum atomic E-state index is 0. The van der Waals surface area contributed by atoms with Gasteiger partial charge in [-0.25, -0.2) is 0 Å². The van der Waals surface area contributed by atoms with E-state index in [-0.39, 0.29) is 7.43 Å². The number of hydrogen-bond acceptors (Lipinski definition) is 0. The van der Waals surface area contributed by atoms with E-state index >= 15 is 0 Å².